The van der Waals surface area contributed by atoms with Gasteiger partial charge >= 0.3 is 12.3 Å². The van der Waals surface area contributed by atoms with Crippen molar-refractivity contribution in [2.75, 3.05) is 5.32 Å². The van der Waals surface area contributed by atoms with Crippen molar-refractivity contribution >= 4 is 29.4 Å². The lowest BCUT2D eigenvalue weighted by molar-refractivity contribution is -0.160. The average molecular weight is 564 g/mol. The largest absolute Gasteiger partial charge is 0.427 e. The highest BCUT2D eigenvalue weighted by molar-refractivity contribution is 6.07. The van der Waals surface area contributed by atoms with Crippen LogP contribution in [0.3, 0.4) is 0 Å². The number of hydrogen-bond acceptors (Lipinski definition) is 6. The van der Waals surface area contributed by atoms with E-state index >= 15 is 0 Å². The fourth-order valence-electron chi connectivity index (χ4n) is 4.91. The Bertz CT molecular complexity index is 1330. The second-order valence-electron chi connectivity index (χ2n) is 10.5. The molecular formula is C28H29F4N3O5. The van der Waals surface area contributed by atoms with Gasteiger partial charge in [-0.25, -0.2) is 14.1 Å². The quantitative estimate of drug-likeness (QED) is 0.432. The summed E-state index contributed by atoms with van der Waals surface area (Å²) < 4.78 is 59.2. The Hall–Kier alpha value is -3.80. The summed E-state index contributed by atoms with van der Waals surface area (Å²) in [7, 11) is 0. The Morgan fingerprint density at radius 3 is 2.38 bits per heavy atom. The molecule has 1 saturated heterocycles. The van der Waals surface area contributed by atoms with Crippen molar-refractivity contribution in [3.63, 3.8) is 0 Å². The van der Waals surface area contributed by atoms with Crippen molar-refractivity contribution in [1.82, 2.24) is 10.2 Å². The van der Waals surface area contributed by atoms with E-state index in [1.54, 1.807) is 12.1 Å². The summed E-state index contributed by atoms with van der Waals surface area (Å²) in [5.41, 5.74) is -0.0846. The van der Waals surface area contributed by atoms with Crippen LogP contribution in [0.2, 0.25) is 0 Å². The molecule has 40 heavy (non-hydrogen) atoms. The third-order valence-corrected chi connectivity index (χ3v) is 6.94. The number of anilines is 1. The fraction of sp³-hybridized carbons (Fsp3) is 0.429. The molecule has 4 rings (SSSR count). The first-order chi connectivity index (χ1) is 18.7. The van der Waals surface area contributed by atoms with E-state index in [0.29, 0.717) is 28.1 Å². The summed E-state index contributed by atoms with van der Waals surface area (Å²) >= 11 is 0. The van der Waals surface area contributed by atoms with Crippen LogP contribution in [-0.2, 0) is 37.6 Å². The Balaban J connectivity index is 1.62. The zero-order chi connectivity index (χ0) is 29.4. The van der Waals surface area contributed by atoms with Crippen LogP contribution in [0, 0.1) is 11.7 Å². The maximum Gasteiger partial charge on any atom is 0.419 e. The number of benzene rings is 2. The summed E-state index contributed by atoms with van der Waals surface area (Å²) in [4.78, 5) is 52.6. The molecule has 0 saturated carbocycles. The molecule has 2 aromatic rings. The number of rotatable bonds is 9. The molecule has 1 aliphatic carbocycles. The van der Waals surface area contributed by atoms with E-state index in [9.17, 15) is 36.7 Å². The van der Waals surface area contributed by atoms with E-state index in [2.05, 4.69) is 10.6 Å². The number of alkyl halides is 3. The number of fused-ring (bicyclic) bond motifs is 2. The van der Waals surface area contributed by atoms with E-state index in [1.807, 2.05) is 13.8 Å². The first-order valence-electron chi connectivity index (χ1n) is 12.8. The number of ketones is 1. The van der Waals surface area contributed by atoms with E-state index < -0.39 is 54.0 Å². The highest BCUT2D eigenvalue weighted by Gasteiger charge is 2.60. The number of ether oxygens (including phenoxy) is 1. The molecular weight excluding hydrogens is 534 g/mol. The van der Waals surface area contributed by atoms with Gasteiger partial charge in [0.05, 0.1) is 0 Å². The number of hydrogen-bond donors (Lipinski definition) is 2. The lowest BCUT2D eigenvalue weighted by Gasteiger charge is -2.29. The average Bonchev–Trinajstić information content (AvgIpc) is 3.33. The summed E-state index contributed by atoms with van der Waals surface area (Å²) in [5, 5.41) is 4.86. The SMILES string of the molecule is CC(C)CC(=O)Nc1ccc2c(c1)CC[C@@]21OC(=O)N(C(N[C@@H](C)C(F)(F)F)C(=O)Cc2ccc(F)cc2)C1=O. The van der Waals surface area contributed by atoms with Crippen molar-refractivity contribution < 1.29 is 41.5 Å². The third-order valence-electron chi connectivity index (χ3n) is 6.94. The molecule has 1 spiro atoms. The van der Waals surface area contributed by atoms with Gasteiger partial charge in [0.2, 0.25) is 11.5 Å². The monoisotopic (exact) mass is 563 g/mol. The summed E-state index contributed by atoms with van der Waals surface area (Å²) in [6.45, 7) is 4.57. The number of carbonyl (C=O) groups is 4. The van der Waals surface area contributed by atoms with Crippen molar-refractivity contribution in [3.8, 4) is 0 Å². The number of carbonyl (C=O) groups excluding carboxylic acids is 4. The zero-order valence-corrected chi connectivity index (χ0v) is 22.1. The fourth-order valence-corrected chi connectivity index (χ4v) is 4.91. The summed E-state index contributed by atoms with van der Waals surface area (Å²) in [6, 6.07) is 7.23. The van der Waals surface area contributed by atoms with Crippen LogP contribution in [-0.4, -0.2) is 47.0 Å². The topological polar surface area (TPSA) is 105 Å². The van der Waals surface area contributed by atoms with Crippen LogP contribution in [0.25, 0.3) is 0 Å². The molecule has 2 aromatic carbocycles. The normalized spacial score (nSPS) is 20.1. The molecule has 0 radical (unpaired) electrons. The molecule has 3 amide bonds. The predicted molar refractivity (Wildman–Crippen MR) is 135 cm³/mol. The van der Waals surface area contributed by atoms with Gasteiger partial charge in [0.1, 0.15) is 11.9 Å². The Morgan fingerprint density at radius 1 is 1.07 bits per heavy atom. The highest BCUT2D eigenvalue weighted by Crippen LogP contribution is 2.46. The highest BCUT2D eigenvalue weighted by atomic mass is 19.4. The maximum atomic E-state index is 13.7. The van der Waals surface area contributed by atoms with Gasteiger partial charge in [-0.15, -0.1) is 0 Å². The van der Waals surface area contributed by atoms with E-state index in [0.717, 1.165) is 19.1 Å². The molecule has 0 aromatic heterocycles. The molecule has 8 nitrogen and oxygen atoms in total. The molecule has 1 fully saturated rings. The van der Waals surface area contributed by atoms with Gasteiger partial charge in [0.15, 0.2) is 11.9 Å². The van der Waals surface area contributed by atoms with Crippen LogP contribution in [0.1, 0.15) is 50.3 Å². The standard InChI is InChI=1S/C28H29F4N3O5/c1-15(2)12-23(37)34-20-8-9-21-18(14-20)10-11-27(21)25(38)35(26(39)40-27)24(33-16(3)28(30,31)32)22(36)13-17-4-6-19(29)7-5-17/h4-9,14-16,24,33H,10-13H2,1-3H3,(H,34,37)/t16-,24?,27+/m0/s1. The Kier molecular flexibility index (Phi) is 8.02. The van der Waals surface area contributed by atoms with Gasteiger partial charge in [0.25, 0.3) is 5.91 Å². The molecule has 3 atom stereocenters. The van der Waals surface area contributed by atoms with E-state index in [4.69, 9.17) is 4.74 Å². The van der Waals surface area contributed by atoms with Crippen LogP contribution < -0.4 is 10.6 Å². The predicted octanol–water partition coefficient (Wildman–Crippen LogP) is 4.61. The lowest BCUT2D eigenvalue weighted by Crippen LogP contribution is -2.59. The van der Waals surface area contributed by atoms with Gasteiger partial charge in [-0.05, 0) is 54.7 Å². The molecule has 12 heteroatoms. The van der Waals surface area contributed by atoms with Crippen molar-refractivity contribution in [2.45, 2.75) is 70.4 Å². The Morgan fingerprint density at radius 2 is 1.75 bits per heavy atom. The second-order valence-corrected chi connectivity index (χ2v) is 10.5. The van der Waals surface area contributed by atoms with Gasteiger partial charge in [-0.2, -0.15) is 13.2 Å². The number of amides is 3. The van der Waals surface area contributed by atoms with Crippen molar-refractivity contribution in [3.05, 3.63) is 65.0 Å². The number of nitrogens with zero attached hydrogens (tertiary/aromatic N) is 1. The van der Waals surface area contributed by atoms with Crippen LogP contribution >= 0.6 is 0 Å². The first-order valence-corrected chi connectivity index (χ1v) is 12.8. The van der Waals surface area contributed by atoms with Gasteiger partial charge in [0, 0.05) is 30.5 Å². The molecule has 1 aliphatic heterocycles. The van der Waals surface area contributed by atoms with Crippen LogP contribution in [0.4, 0.5) is 28.0 Å². The minimum Gasteiger partial charge on any atom is -0.427 e. The summed E-state index contributed by atoms with van der Waals surface area (Å²) in [6.07, 6.45) is -7.89. The van der Waals surface area contributed by atoms with Gasteiger partial charge in [-0.3, -0.25) is 19.7 Å². The zero-order valence-electron chi connectivity index (χ0n) is 22.1. The molecule has 1 heterocycles. The van der Waals surface area contributed by atoms with Crippen LogP contribution in [0.15, 0.2) is 42.5 Å². The minimum absolute atomic E-state index is 0.0144. The Labute approximate surface area is 228 Å². The molecule has 1 unspecified atom stereocenters. The van der Waals surface area contributed by atoms with Crippen molar-refractivity contribution in [2.24, 2.45) is 5.92 Å². The van der Waals surface area contributed by atoms with E-state index in [1.165, 1.54) is 18.2 Å². The van der Waals surface area contributed by atoms with Crippen molar-refractivity contribution in [1.29, 1.82) is 0 Å². The van der Waals surface area contributed by atoms with Crippen LogP contribution in [0.5, 0.6) is 0 Å². The van der Waals surface area contributed by atoms with E-state index in [-0.39, 0.29) is 30.2 Å². The molecule has 2 N–H and O–H groups in total. The first kappa shape index (κ1) is 29.2. The maximum absolute atomic E-state index is 13.7. The number of imide groups is 1. The molecule has 0 bridgehead atoms. The number of Topliss-reactive ketones (excluding diaryl/α,β-unsaturated/α-hetero) is 1. The van der Waals surface area contributed by atoms with Gasteiger partial charge < -0.3 is 10.1 Å². The lowest BCUT2D eigenvalue weighted by atomic mass is 9.94. The number of nitrogens with one attached hydrogen (secondary N) is 2. The smallest absolute Gasteiger partial charge is 0.419 e. The number of aryl methyl sites for hydroxylation is 1. The van der Waals surface area contributed by atoms with Gasteiger partial charge in [-0.1, -0.05) is 32.0 Å². The summed E-state index contributed by atoms with van der Waals surface area (Å²) in [5.74, 6) is -2.49. The second kappa shape index (κ2) is 11.0. The third kappa shape index (κ3) is 5.86. The number of halogens is 4. The minimum atomic E-state index is -4.78. The molecule has 214 valence electrons. The molecule has 2 aliphatic rings.